The third-order valence-corrected chi connectivity index (χ3v) is 3.19. The van der Waals surface area contributed by atoms with Crippen LogP contribution in [0.5, 0.6) is 0 Å². The lowest BCUT2D eigenvalue weighted by Gasteiger charge is -2.31. The molecule has 2 rings (SSSR count). The number of hydrogen-bond donors (Lipinski definition) is 1. The molecule has 1 aliphatic carbocycles. The smallest absolute Gasteiger partial charge is 0.322 e. The molecule has 3 nitrogen and oxygen atoms in total. The van der Waals surface area contributed by atoms with Gasteiger partial charge in [-0.15, -0.1) is 0 Å². The van der Waals surface area contributed by atoms with E-state index in [0.717, 1.165) is 13.0 Å². The maximum Gasteiger partial charge on any atom is 0.322 e. The monoisotopic (exact) mass is 219 g/mol. The lowest BCUT2D eigenvalue weighted by molar-refractivity contribution is -0.142. The number of ether oxygens (including phenoxy) is 1. The largest absolute Gasteiger partial charge is 0.468 e. The summed E-state index contributed by atoms with van der Waals surface area (Å²) < 4.78 is 4.66. The van der Waals surface area contributed by atoms with Crippen LogP contribution in [-0.2, 0) is 16.0 Å². The average Bonchev–Trinajstić information content (AvgIpc) is 2.29. The Hall–Kier alpha value is -1.35. The van der Waals surface area contributed by atoms with Crippen molar-refractivity contribution in [1.29, 1.82) is 0 Å². The Kier molecular flexibility index (Phi) is 3.25. The Morgan fingerprint density at radius 1 is 1.56 bits per heavy atom. The van der Waals surface area contributed by atoms with Gasteiger partial charge < -0.3 is 10.1 Å². The van der Waals surface area contributed by atoms with Gasteiger partial charge in [-0.2, -0.15) is 0 Å². The summed E-state index contributed by atoms with van der Waals surface area (Å²) in [6, 6.07) is 8.23. The molecule has 1 aliphatic rings. The zero-order valence-electron chi connectivity index (χ0n) is 9.69. The molecule has 3 heteroatoms. The van der Waals surface area contributed by atoms with Gasteiger partial charge in [0.1, 0.15) is 6.04 Å². The molecule has 16 heavy (non-hydrogen) atoms. The Bertz CT molecular complexity index is 389. The first kappa shape index (κ1) is 11.1. The van der Waals surface area contributed by atoms with Crippen molar-refractivity contribution >= 4 is 5.97 Å². The minimum atomic E-state index is -0.224. The number of rotatable bonds is 4. The van der Waals surface area contributed by atoms with Gasteiger partial charge in [0, 0.05) is 12.5 Å². The van der Waals surface area contributed by atoms with E-state index >= 15 is 0 Å². The molecule has 0 spiro atoms. The van der Waals surface area contributed by atoms with Crippen molar-refractivity contribution in [2.24, 2.45) is 0 Å². The van der Waals surface area contributed by atoms with Gasteiger partial charge in [-0.25, -0.2) is 0 Å². The standard InChI is InChI=1S/C13H17NO2/c1-9(13(15)16-2)14-8-11-7-10-5-3-4-6-12(10)11/h3-6,9,11,14H,7-8H2,1-2H3. The third kappa shape index (κ3) is 2.09. The fourth-order valence-electron chi connectivity index (χ4n) is 2.12. The number of fused-ring (bicyclic) bond motifs is 1. The summed E-state index contributed by atoms with van der Waals surface area (Å²) in [5.74, 6) is 0.343. The Morgan fingerprint density at radius 2 is 2.31 bits per heavy atom. The highest BCUT2D eigenvalue weighted by atomic mass is 16.5. The van der Waals surface area contributed by atoms with Crippen molar-refractivity contribution < 1.29 is 9.53 Å². The van der Waals surface area contributed by atoms with Crippen LogP contribution in [0.3, 0.4) is 0 Å². The Morgan fingerprint density at radius 3 is 3.00 bits per heavy atom. The molecule has 1 N–H and O–H groups in total. The summed E-state index contributed by atoms with van der Waals surface area (Å²) in [5, 5.41) is 3.20. The molecular weight excluding hydrogens is 202 g/mol. The summed E-state index contributed by atoms with van der Waals surface area (Å²) in [4.78, 5) is 11.2. The molecule has 0 bridgehead atoms. The second kappa shape index (κ2) is 4.66. The van der Waals surface area contributed by atoms with E-state index in [1.54, 1.807) is 0 Å². The zero-order chi connectivity index (χ0) is 11.5. The maximum absolute atomic E-state index is 11.2. The van der Waals surface area contributed by atoms with Crippen LogP contribution in [0.2, 0.25) is 0 Å². The normalized spacial score (nSPS) is 19.5. The molecule has 0 saturated heterocycles. The first-order valence-corrected chi connectivity index (χ1v) is 5.61. The predicted octanol–water partition coefficient (Wildman–Crippen LogP) is 1.48. The number of esters is 1. The van der Waals surface area contributed by atoms with Crippen LogP contribution in [0.15, 0.2) is 24.3 Å². The molecule has 1 aromatic carbocycles. The molecular formula is C13H17NO2. The second-order valence-corrected chi connectivity index (χ2v) is 4.25. The van der Waals surface area contributed by atoms with E-state index in [1.165, 1.54) is 18.2 Å². The highest BCUT2D eigenvalue weighted by Gasteiger charge is 2.26. The van der Waals surface area contributed by atoms with Gasteiger partial charge in [-0.05, 0) is 24.5 Å². The SMILES string of the molecule is COC(=O)C(C)NCC1Cc2ccccc21. The molecule has 0 aromatic heterocycles. The molecule has 2 atom stereocenters. The maximum atomic E-state index is 11.2. The van der Waals surface area contributed by atoms with Gasteiger partial charge in [-0.3, -0.25) is 4.79 Å². The minimum absolute atomic E-state index is 0.201. The van der Waals surface area contributed by atoms with Crippen LogP contribution < -0.4 is 5.32 Å². The number of carbonyl (C=O) groups is 1. The van der Waals surface area contributed by atoms with Crippen molar-refractivity contribution in [2.75, 3.05) is 13.7 Å². The van der Waals surface area contributed by atoms with Crippen molar-refractivity contribution in [2.45, 2.75) is 25.3 Å². The van der Waals surface area contributed by atoms with Gasteiger partial charge in [0.25, 0.3) is 0 Å². The van der Waals surface area contributed by atoms with Crippen molar-refractivity contribution in [3.8, 4) is 0 Å². The first-order valence-electron chi connectivity index (χ1n) is 5.61. The summed E-state index contributed by atoms with van der Waals surface area (Å²) in [7, 11) is 1.42. The van der Waals surface area contributed by atoms with E-state index in [-0.39, 0.29) is 12.0 Å². The van der Waals surface area contributed by atoms with E-state index in [0.29, 0.717) is 5.92 Å². The molecule has 2 unspecified atom stereocenters. The zero-order valence-corrected chi connectivity index (χ0v) is 9.69. The van der Waals surface area contributed by atoms with E-state index in [1.807, 2.05) is 6.92 Å². The highest BCUT2D eigenvalue weighted by Crippen LogP contribution is 2.33. The van der Waals surface area contributed by atoms with Crippen LogP contribution in [0.1, 0.15) is 24.0 Å². The molecule has 0 aliphatic heterocycles. The van der Waals surface area contributed by atoms with Gasteiger partial charge in [0.2, 0.25) is 0 Å². The van der Waals surface area contributed by atoms with Gasteiger partial charge in [0.15, 0.2) is 0 Å². The fourth-order valence-corrected chi connectivity index (χ4v) is 2.12. The lowest BCUT2D eigenvalue weighted by atomic mass is 9.77. The summed E-state index contributed by atoms with van der Waals surface area (Å²) in [6.45, 7) is 2.67. The summed E-state index contributed by atoms with van der Waals surface area (Å²) in [6.07, 6.45) is 1.11. The number of methoxy groups -OCH3 is 1. The van der Waals surface area contributed by atoms with E-state index in [2.05, 4.69) is 34.3 Å². The molecule has 0 heterocycles. The van der Waals surface area contributed by atoms with Crippen LogP contribution >= 0.6 is 0 Å². The predicted molar refractivity (Wildman–Crippen MR) is 62.4 cm³/mol. The fraction of sp³-hybridized carbons (Fsp3) is 0.462. The van der Waals surface area contributed by atoms with Gasteiger partial charge in [0.05, 0.1) is 7.11 Å². The van der Waals surface area contributed by atoms with E-state index in [4.69, 9.17) is 0 Å². The van der Waals surface area contributed by atoms with Crippen LogP contribution in [0.25, 0.3) is 0 Å². The molecule has 86 valence electrons. The molecule has 0 radical (unpaired) electrons. The summed E-state index contributed by atoms with van der Waals surface area (Å²) in [5.41, 5.74) is 2.84. The average molecular weight is 219 g/mol. The molecule has 1 aromatic rings. The van der Waals surface area contributed by atoms with E-state index in [9.17, 15) is 4.79 Å². The minimum Gasteiger partial charge on any atom is -0.468 e. The molecule has 0 amide bonds. The van der Waals surface area contributed by atoms with Crippen LogP contribution in [0, 0.1) is 0 Å². The lowest BCUT2D eigenvalue weighted by Crippen LogP contribution is -2.39. The van der Waals surface area contributed by atoms with E-state index < -0.39 is 0 Å². The number of hydrogen-bond acceptors (Lipinski definition) is 3. The Balaban J connectivity index is 1.84. The topological polar surface area (TPSA) is 38.3 Å². The number of benzene rings is 1. The van der Waals surface area contributed by atoms with Crippen molar-refractivity contribution in [3.05, 3.63) is 35.4 Å². The summed E-state index contributed by atoms with van der Waals surface area (Å²) >= 11 is 0. The Labute approximate surface area is 95.8 Å². The van der Waals surface area contributed by atoms with Gasteiger partial charge >= 0.3 is 5.97 Å². The highest BCUT2D eigenvalue weighted by molar-refractivity contribution is 5.75. The van der Waals surface area contributed by atoms with Crippen LogP contribution in [0.4, 0.5) is 0 Å². The third-order valence-electron chi connectivity index (χ3n) is 3.19. The molecule has 0 fully saturated rings. The molecule has 0 saturated carbocycles. The number of nitrogens with one attached hydrogen (secondary N) is 1. The quantitative estimate of drug-likeness (QED) is 0.779. The first-order chi connectivity index (χ1) is 7.72. The van der Waals surface area contributed by atoms with Crippen LogP contribution in [-0.4, -0.2) is 25.7 Å². The second-order valence-electron chi connectivity index (χ2n) is 4.25. The van der Waals surface area contributed by atoms with Crippen molar-refractivity contribution in [1.82, 2.24) is 5.32 Å². The van der Waals surface area contributed by atoms with Gasteiger partial charge in [-0.1, -0.05) is 24.3 Å². The number of carbonyl (C=O) groups excluding carboxylic acids is 1. The van der Waals surface area contributed by atoms with Crippen molar-refractivity contribution in [3.63, 3.8) is 0 Å².